The van der Waals surface area contributed by atoms with E-state index in [1.165, 1.54) is 6.92 Å². The second-order valence-corrected chi connectivity index (χ2v) is 2.52. The number of nitrogens with one attached hydrogen (secondary N) is 1. The molecule has 0 radical (unpaired) electrons. The summed E-state index contributed by atoms with van der Waals surface area (Å²) in [5, 5.41) is 11.1. The summed E-state index contributed by atoms with van der Waals surface area (Å²) >= 11 is 0. The molecule has 0 aromatic carbocycles. The van der Waals surface area contributed by atoms with Crippen molar-refractivity contribution >= 4 is 5.97 Å². The number of carboxylic acids is 1. The standard InChI is InChI=1S/C7H14N2O2/c1-4(8)5(2)9-6(3)7(10)11/h4,6,9H,2,8H2,1,3H3,(H,10,11)/t4-,6-/m1/s1. The maximum Gasteiger partial charge on any atom is 0.325 e. The number of carboxylic acid groups (broad SMARTS) is 1. The predicted octanol–water partition coefficient (Wildman–Crippen LogP) is -0.0900. The van der Waals surface area contributed by atoms with Gasteiger partial charge in [0.05, 0.1) is 0 Å². The van der Waals surface area contributed by atoms with Crippen LogP contribution in [0.1, 0.15) is 13.8 Å². The van der Waals surface area contributed by atoms with Crippen LogP contribution in [0.15, 0.2) is 12.3 Å². The van der Waals surface area contributed by atoms with Gasteiger partial charge in [-0.2, -0.15) is 0 Å². The van der Waals surface area contributed by atoms with Gasteiger partial charge in [-0.25, -0.2) is 0 Å². The summed E-state index contributed by atoms with van der Waals surface area (Å²) in [6.07, 6.45) is 0. The van der Waals surface area contributed by atoms with Crippen molar-refractivity contribution in [2.45, 2.75) is 25.9 Å². The van der Waals surface area contributed by atoms with E-state index in [1.807, 2.05) is 0 Å². The van der Waals surface area contributed by atoms with Crippen molar-refractivity contribution in [3.8, 4) is 0 Å². The maximum absolute atomic E-state index is 10.3. The normalized spacial score (nSPS) is 15.2. The Morgan fingerprint density at radius 1 is 1.64 bits per heavy atom. The monoisotopic (exact) mass is 158 g/mol. The van der Waals surface area contributed by atoms with E-state index >= 15 is 0 Å². The van der Waals surface area contributed by atoms with E-state index in [2.05, 4.69) is 11.9 Å². The summed E-state index contributed by atoms with van der Waals surface area (Å²) in [7, 11) is 0. The number of rotatable bonds is 4. The van der Waals surface area contributed by atoms with Crippen molar-refractivity contribution in [3.05, 3.63) is 12.3 Å². The zero-order valence-electron chi connectivity index (χ0n) is 6.79. The molecule has 0 saturated heterocycles. The van der Waals surface area contributed by atoms with E-state index in [1.54, 1.807) is 6.92 Å². The highest BCUT2D eigenvalue weighted by Crippen LogP contribution is 1.92. The fourth-order valence-electron chi connectivity index (χ4n) is 0.471. The van der Waals surface area contributed by atoms with Crippen LogP contribution in [0, 0.1) is 0 Å². The molecular formula is C7H14N2O2. The van der Waals surface area contributed by atoms with Crippen LogP contribution in [0.3, 0.4) is 0 Å². The first-order chi connectivity index (χ1) is 4.95. The van der Waals surface area contributed by atoms with Crippen molar-refractivity contribution < 1.29 is 9.90 Å². The molecule has 2 atom stereocenters. The lowest BCUT2D eigenvalue weighted by Crippen LogP contribution is -2.38. The van der Waals surface area contributed by atoms with E-state index < -0.39 is 12.0 Å². The van der Waals surface area contributed by atoms with Crippen LogP contribution in [-0.4, -0.2) is 23.2 Å². The van der Waals surface area contributed by atoms with Crippen LogP contribution in [0.2, 0.25) is 0 Å². The average Bonchev–Trinajstić information content (AvgIpc) is 1.87. The van der Waals surface area contributed by atoms with Crippen LogP contribution >= 0.6 is 0 Å². The van der Waals surface area contributed by atoms with Gasteiger partial charge in [0.15, 0.2) is 0 Å². The van der Waals surface area contributed by atoms with Gasteiger partial charge in [-0.05, 0) is 13.8 Å². The molecule has 0 rings (SSSR count). The second kappa shape index (κ2) is 3.98. The van der Waals surface area contributed by atoms with Gasteiger partial charge >= 0.3 is 5.97 Å². The lowest BCUT2D eigenvalue weighted by Gasteiger charge is -2.15. The van der Waals surface area contributed by atoms with Gasteiger partial charge in [0.1, 0.15) is 6.04 Å². The first-order valence-corrected chi connectivity index (χ1v) is 3.39. The van der Waals surface area contributed by atoms with Gasteiger partial charge < -0.3 is 16.2 Å². The molecule has 11 heavy (non-hydrogen) atoms. The Labute approximate surface area is 66.1 Å². The van der Waals surface area contributed by atoms with Gasteiger partial charge in [0.2, 0.25) is 0 Å². The predicted molar refractivity (Wildman–Crippen MR) is 43.0 cm³/mol. The van der Waals surface area contributed by atoms with E-state index in [0.29, 0.717) is 5.70 Å². The van der Waals surface area contributed by atoms with Crippen LogP contribution < -0.4 is 11.1 Å². The molecule has 0 amide bonds. The van der Waals surface area contributed by atoms with Crippen molar-refractivity contribution in [2.75, 3.05) is 0 Å². The molecule has 0 aromatic rings. The molecule has 0 aliphatic rings. The third-order valence-corrected chi connectivity index (χ3v) is 1.32. The minimum Gasteiger partial charge on any atom is -0.480 e. The highest BCUT2D eigenvalue weighted by molar-refractivity contribution is 5.73. The average molecular weight is 158 g/mol. The molecule has 0 saturated carbocycles. The molecule has 0 bridgehead atoms. The van der Waals surface area contributed by atoms with Crippen molar-refractivity contribution in [1.82, 2.24) is 5.32 Å². The van der Waals surface area contributed by atoms with Crippen LogP contribution in [0.25, 0.3) is 0 Å². The highest BCUT2D eigenvalue weighted by Gasteiger charge is 2.11. The zero-order valence-corrected chi connectivity index (χ0v) is 6.79. The second-order valence-electron chi connectivity index (χ2n) is 2.52. The molecule has 0 aliphatic heterocycles. The number of hydrogen-bond donors (Lipinski definition) is 3. The van der Waals surface area contributed by atoms with E-state index in [-0.39, 0.29) is 6.04 Å². The van der Waals surface area contributed by atoms with Crippen molar-refractivity contribution in [3.63, 3.8) is 0 Å². The van der Waals surface area contributed by atoms with Crippen molar-refractivity contribution in [2.24, 2.45) is 5.73 Å². The third kappa shape index (κ3) is 3.62. The first kappa shape index (κ1) is 9.97. The van der Waals surface area contributed by atoms with Gasteiger partial charge in [-0.1, -0.05) is 6.58 Å². The third-order valence-electron chi connectivity index (χ3n) is 1.32. The topological polar surface area (TPSA) is 75.3 Å². The Bertz CT molecular complexity index is 166. The van der Waals surface area contributed by atoms with Crippen molar-refractivity contribution in [1.29, 1.82) is 0 Å². The maximum atomic E-state index is 10.3. The quantitative estimate of drug-likeness (QED) is 0.534. The summed E-state index contributed by atoms with van der Waals surface area (Å²) in [6.45, 7) is 6.85. The van der Waals surface area contributed by atoms with Gasteiger partial charge in [0.25, 0.3) is 0 Å². The SMILES string of the molecule is C=C(N[C@H](C)C(=O)O)[C@@H](C)N. The molecule has 4 N–H and O–H groups in total. The van der Waals surface area contributed by atoms with Crippen LogP contribution in [-0.2, 0) is 4.79 Å². The zero-order chi connectivity index (χ0) is 9.02. The molecular weight excluding hydrogens is 144 g/mol. The highest BCUT2D eigenvalue weighted by atomic mass is 16.4. The number of nitrogens with two attached hydrogens (primary N) is 1. The molecule has 64 valence electrons. The fourth-order valence-corrected chi connectivity index (χ4v) is 0.471. The van der Waals surface area contributed by atoms with Gasteiger partial charge in [0, 0.05) is 11.7 Å². The largest absolute Gasteiger partial charge is 0.480 e. The lowest BCUT2D eigenvalue weighted by atomic mass is 10.2. The smallest absolute Gasteiger partial charge is 0.325 e. The van der Waals surface area contributed by atoms with E-state index in [0.717, 1.165) is 0 Å². The molecule has 0 aromatic heterocycles. The molecule has 4 heteroatoms. The molecule has 0 fully saturated rings. The molecule has 0 aliphatic carbocycles. The Kier molecular flexibility index (Phi) is 3.60. The fraction of sp³-hybridized carbons (Fsp3) is 0.571. The first-order valence-electron chi connectivity index (χ1n) is 3.39. The minimum atomic E-state index is -0.910. The summed E-state index contributed by atoms with van der Waals surface area (Å²) in [5.74, 6) is -0.910. The molecule has 0 heterocycles. The lowest BCUT2D eigenvalue weighted by molar-refractivity contribution is -0.138. The van der Waals surface area contributed by atoms with Gasteiger partial charge in [-0.3, -0.25) is 4.79 Å². The Morgan fingerprint density at radius 3 is 2.36 bits per heavy atom. The summed E-state index contributed by atoms with van der Waals surface area (Å²) in [4.78, 5) is 10.3. The van der Waals surface area contributed by atoms with Crippen LogP contribution in [0.5, 0.6) is 0 Å². The number of carbonyl (C=O) groups is 1. The number of aliphatic carboxylic acids is 1. The minimum absolute atomic E-state index is 0.225. The van der Waals surface area contributed by atoms with Gasteiger partial charge in [-0.15, -0.1) is 0 Å². The van der Waals surface area contributed by atoms with E-state index in [9.17, 15) is 4.79 Å². The summed E-state index contributed by atoms with van der Waals surface area (Å²) < 4.78 is 0. The summed E-state index contributed by atoms with van der Waals surface area (Å²) in [6, 6.07) is -0.856. The van der Waals surface area contributed by atoms with E-state index in [4.69, 9.17) is 10.8 Å². The molecule has 0 spiro atoms. The number of hydrogen-bond acceptors (Lipinski definition) is 3. The molecule has 0 unspecified atom stereocenters. The Hall–Kier alpha value is -1.03. The summed E-state index contributed by atoms with van der Waals surface area (Å²) in [5.41, 5.74) is 5.97. The van der Waals surface area contributed by atoms with Crippen LogP contribution in [0.4, 0.5) is 0 Å². The Morgan fingerprint density at radius 2 is 2.09 bits per heavy atom. The Balaban J connectivity index is 3.85. The molecule has 4 nitrogen and oxygen atoms in total.